The lowest BCUT2D eigenvalue weighted by molar-refractivity contribution is 0.0697. The summed E-state index contributed by atoms with van der Waals surface area (Å²) in [5, 5.41) is 14.8. The monoisotopic (exact) mass is 684 g/mol. The minimum absolute atomic E-state index is 0.0876. The summed E-state index contributed by atoms with van der Waals surface area (Å²) >= 11 is 5.83. The Morgan fingerprint density at radius 2 is 1.76 bits per heavy atom. The van der Waals surface area contributed by atoms with E-state index in [9.17, 15) is 14.7 Å². The number of anilines is 1. The number of methoxy groups -OCH3 is 1. The molecule has 0 saturated heterocycles. The lowest BCUT2D eigenvalue weighted by Crippen LogP contribution is -2.27. The van der Waals surface area contributed by atoms with E-state index < -0.39 is 5.97 Å². The smallest absolute Gasteiger partial charge is 0.336 e. The van der Waals surface area contributed by atoms with Crippen LogP contribution in [0, 0.1) is 0 Å². The molecule has 1 aliphatic carbocycles. The average Bonchev–Trinajstić information content (AvgIpc) is 3.10. The highest BCUT2D eigenvalue weighted by molar-refractivity contribution is 6.17. The van der Waals surface area contributed by atoms with Crippen LogP contribution in [0.3, 0.4) is 0 Å². The summed E-state index contributed by atoms with van der Waals surface area (Å²) < 4.78 is 19.8. The maximum Gasteiger partial charge on any atom is 0.336 e. The van der Waals surface area contributed by atoms with E-state index in [1.54, 1.807) is 13.2 Å². The molecular weight excluding hydrogens is 642 g/mol. The zero-order valence-corrected chi connectivity index (χ0v) is 29.4. The van der Waals surface area contributed by atoms with Gasteiger partial charge in [0.2, 0.25) is 5.36 Å². The molecule has 0 radical (unpaired) electrons. The van der Waals surface area contributed by atoms with Crippen molar-refractivity contribution in [3.63, 3.8) is 0 Å². The Labute approximate surface area is 291 Å². The number of carboxylic acid groups (broad SMARTS) is 1. The molecule has 2 N–H and O–H groups in total. The van der Waals surface area contributed by atoms with Gasteiger partial charge in [0.05, 0.1) is 32.0 Å². The van der Waals surface area contributed by atoms with Gasteiger partial charge in [-0.1, -0.05) is 12.1 Å². The van der Waals surface area contributed by atoms with Gasteiger partial charge in [0.25, 0.3) is 5.91 Å². The molecule has 1 heterocycles. The number of nitrogens with one attached hydrogen (secondary N) is 1. The van der Waals surface area contributed by atoms with Gasteiger partial charge in [-0.2, -0.15) is 0 Å². The third-order valence-corrected chi connectivity index (χ3v) is 8.77. The molecule has 0 aromatic heterocycles. The van der Waals surface area contributed by atoms with E-state index in [4.69, 9.17) is 25.5 Å². The Balaban J connectivity index is 1.37. The molecule has 1 aliphatic heterocycles. The third kappa shape index (κ3) is 8.24. The first kappa shape index (κ1) is 35.4. The summed E-state index contributed by atoms with van der Waals surface area (Å²) in [6.07, 6.45) is 2.49. The van der Waals surface area contributed by atoms with Crippen LogP contribution in [0.1, 0.15) is 38.3 Å². The van der Waals surface area contributed by atoms with Gasteiger partial charge in [0.15, 0.2) is 0 Å². The zero-order chi connectivity index (χ0) is 35.1. The van der Waals surface area contributed by atoms with Gasteiger partial charge >= 0.3 is 5.97 Å². The normalized spacial score (nSPS) is 11.1. The van der Waals surface area contributed by atoms with Crippen molar-refractivity contribution in [2.45, 2.75) is 19.3 Å². The van der Waals surface area contributed by atoms with Crippen molar-refractivity contribution in [2.75, 3.05) is 65.8 Å². The van der Waals surface area contributed by atoms with Gasteiger partial charge < -0.3 is 29.2 Å². The van der Waals surface area contributed by atoms with E-state index >= 15 is 0 Å². The van der Waals surface area contributed by atoms with Crippen LogP contribution in [0.5, 0.6) is 5.75 Å². The van der Waals surface area contributed by atoms with Gasteiger partial charge in [-0.15, -0.1) is 11.6 Å². The van der Waals surface area contributed by atoms with Crippen molar-refractivity contribution < 1.29 is 28.6 Å². The molecule has 0 fully saturated rings. The van der Waals surface area contributed by atoms with Gasteiger partial charge in [0, 0.05) is 66.4 Å². The second kappa shape index (κ2) is 16.0. The molecule has 0 saturated carbocycles. The Morgan fingerprint density at radius 1 is 0.939 bits per heavy atom. The van der Waals surface area contributed by atoms with E-state index in [0.717, 1.165) is 46.1 Å². The third-order valence-electron chi connectivity index (χ3n) is 8.50. The van der Waals surface area contributed by atoms with Gasteiger partial charge in [-0.3, -0.25) is 4.79 Å². The minimum atomic E-state index is -1.09. The number of benzene rings is 4. The molecule has 10 heteroatoms. The number of aryl methyl sites for hydroxylation is 1. The topological polar surface area (TPSA) is 104 Å². The summed E-state index contributed by atoms with van der Waals surface area (Å²) in [4.78, 5) is 27.9. The van der Waals surface area contributed by atoms with E-state index in [2.05, 4.69) is 17.4 Å². The van der Waals surface area contributed by atoms with E-state index in [0.29, 0.717) is 60.1 Å². The van der Waals surface area contributed by atoms with Gasteiger partial charge in [-0.05, 0) is 78.4 Å². The molecule has 2 aliphatic rings. The second-order valence-electron chi connectivity index (χ2n) is 12.2. The summed E-state index contributed by atoms with van der Waals surface area (Å²) in [6.45, 7) is 1.08. The van der Waals surface area contributed by atoms with Crippen molar-refractivity contribution in [1.29, 1.82) is 0 Å². The number of halogens is 1. The maximum absolute atomic E-state index is 13.4. The Bertz CT molecular complexity index is 2010. The molecular formula is C39H43ClN3O6+. The Morgan fingerprint density at radius 3 is 2.47 bits per heavy atom. The Kier molecular flexibility index (Phi) is 11.6. The lowest BCUT2D eigenvalue weighted by atomic mass is 9.89. The first-order chi connectivity index (χ1) is 23.6. The zero-order valence-electron chi connectivity index (χ0n) is 28.6. The SMILES string of the molecule is COc1cc(CCCCl)ccc1CCOCCNC(=O)c1ccc(C(=O)O)c(-c2c3ccc(=[N+](C)C)cc-3oc3cc(N(C)C)ccc23)c1. The van der Waals surface area contributed by atoms with Crippen molar-refractivity contribution in [2.24, 2.45) is 0 Å². The van der Waals surface area contributed by atoms with Crippen molar-refractivity contribution in [1.82, 2.24) is 9.89 Å². The summed E-state index contributed by atoms with van der Waals surface area (Å²) in [7, 11) is 9.45. The number of amides is 1. The number of hydrogen-bond donors (Lipinski definition) is 2. The predicted octanol–water partition coefficient (Wildman–Crippen LogP) is 6.17. The fraction of sp³-hybridized carbons (Fsp3) is 0.308. The summed E-state index contributed by atoms with van der Waals surface area (Å²) in [5.74, 6) is 0.641. The van der Waals surface area contributed by atoms with Crippen LogP contribution in [-0.2, 0) is 17.6 Å². The number of hydrogen-bond acceptors (Lipinski definition) is 6. The average molecular weight is 685 g/mol. The van der Waals surface area contributed by atoms with Gasteiger partial charge in [0.1, 0.15) is 31.2 Å². The molecule has 0 bridgehead atoms. The quantitative estimate of drug-likeness (QED) is 0.0624. The Hall–Kier alpha value is -4.86. The number of carbonyl (C=O) groups is 2. The lowest BCUT2D eigenvalue weighted by Gasteiger charge is -2.19. The fourth-order valence-electron chi connectivity index (χ4n) is 5.84. The van der Waals surface area contributed by atoms with Crippen LogP contribution in [0.4, 0.5) is 5.69 Å². The largest absolute Gasteiger partial charge is 0.496 e. The molecule has 1 amide bonds. The standard InChI is InChI=1S/C39H42ClN3O6/c1-42(2)28-11-14-31-35(23-28)49-36-24-29(43(3)4)12-15-32(36)37(31)33-22-27(10-13-30(33)39(45)46)38(44)41-18-20-48-19-16-26-9-8-25(7-6-17-40)21-34(26)47-5/h8-15,21-24H,6-7,16-20H2,1-5H3,(H-,41,44,45,46)/p+1. The van der Waals surface area contributed by atoms with E-state index in [1.807, 2.05) is 80.1 Å². The highest BCUT2D eigenvalue weighted by Crippen LogP contribution is 2.42. The predicted molar refractivity (Wildman–Crippen MR) is 196 cm³/mol. The molecule has 0 spiro atoms. The number of alkyl halides is 1. The minimum Gasteiger partial charge on any atom is -0.496 e. The van der Waals surface area contributed by atoms with Crippen molar-refractivity contribution in [3.8, 4) is 28.2 Å². The summed E-state index contributed by atoms with van der Waals surface area (Å²) in [6, 6.07) is 22.5. The number of ether oxygens (including phenoxy) is 2. The fourth-order valence-corrected chi connectivity index (χ4v) is 5.97. The molecule has 0 atom stereocenters. The van der Waals surface area contributed by atoms with Crippen LogP contribution in [0.15, 0.2) is 77.2 Å². The van der Waals surface area contributed by atoms with Crippen LogP contribution in [0.2, 0.25) is 0 Å². The second-order valence-corrected chi connectivity index (χ2v) is 12.6. The number of aromatic carboxylic acids is 1. The van der Waals surface area contributed by atoms with Crippen LogP contribution in [-0.4, -0.2) is 77.9 Å². The van der Waals surface area contributed by atoms with Gasteiger partial charge in [-0.25, -0.2) is 9.37 Å². The highest BCUT2D eigenvalue weighted by atomic mass is 35.5. The van der Waals surface area contributed by atoms with Crippen molar-refractivity contribution >= 4 is 40.1 Å². The molecule has 5 rings (SSSR count). The first-order valence-corrected chi connectivity index (χ1v) is 16.8. The molecule has 9 nitrogen and oxygen atoms in total. The van der Waals surface area contributed by atoms with Crippen molar-refractivity contribution in [3.05, 3.63) is 100 Å². The van der Waals surface area contributed by atoms with E-state index in [-0.39, 0.29) is 11.5 Å². The molecule has 3 aromatic rings. The number of carbonyl (C=O) groups excluding carboxylic acids is 1. The van der Waals surface area contributed by atoms with Crippen LogP contribution < -0.4 is 24.9 Å². The molecule has 0 unspecified atom stereocenters. The summed E-state index contributed by atoms with van der Waals surface area (Å²) in [5.41, 5.74) is 6.07. The van der Waals surface area contributed by atoms with Crippen LogP contribution in [0.25, 0.3) is 33.4 Å². The number of nitrogens with zero attached hydrogens (tertiary/aromatic N) is 2. The van der Waals surface area contributed by atoms with Crippen LogP contribution >= 0.6 is 11.6 Å². The first-order valence-electron chi connectivity index (χ1n) is 16.2. The van der Waals surface area contributed by atoms with E-state index in [1.165, 1.54) is 17.7 Å². The molecule has 256 valence electrons. The highest BCUT2D eigenvalue weighted by Gasteiger charge is 2.24. The number of fused-ring (bicyclic) bond motifs is 2. The number of rotatable bonds is 14. The number of carboxylic acids is 1. The maximum atomic E-state index is 13.4. The molecule has 49 heavy (non-hydrogen) atoms. The molecule has 3 aromatic carbocycles.